The molecule has 2 rings (SSSR count). The number of anilines is 1. The van der Waals surface area contributed by atoms with Crippen molar-refractivity contribution in [2.75, 3.05) is 5.01 Å². The number of nitrogens with zero attached hydrogens (tertiary/aromatic N) is 1. The van der Waals surface area contributed by atoms with Crippen molar-refractivity contribution in [2.45, 2.75) is 26.2 Å². The topological polar surface area (TPSA) is 78.9 Å². The maximum atomic E-state index is 12.0. The molecule has 0 spiro atoms. The molecule has 112 valence electrons. The number of aryl methyl sites for hydroxylation is 1. The molecule has 1 heterocycles. The van der Waals surface area contributed by atoms with E-state index in [0.717, 1.165) is 5.56 Å². The second-order valence-corrected chi connectivity index (χ2v) is 5.07. The van der Waals surface area contributed by atoms with E-state index in [9.17, 15) is 9.59 Å². The van der Waals surface area contributed by atoms with Crippen LogP contribution >= 0.6 is 11.6 Å². The number of carbonyl (C=O) groups excluding carboxylic acids is 1. The zero-order valence-corrected chi connectivity index (χ0v) is 12.3. The first-order valence-corrected chi connectivity index (χ1v) is 6.69. The molecule has 0 saturated heterocycles. The maximum absolute atomic E-state index is 12.0. The van der Waals surface area contributed by atoms with E-state index in [-0.39, 0.29) is 5.91 Å². The number of nitrogens with one attached hydrogen (secondary N) is 1. The summed E-state index contributed by atoms with van der Waals surface area (Å²) in [4.78, 5) is 22.8. The third-order valence-electron chi connectivity index (χ3n) is 3.00. The molecule has 1 aliphatic rings. The highest BCUT2D eigenvalue weighted by atomic mass is 35.5. The van der Waals surface area contributed by atoms with Crippen LogP contribution in [0.5, 0.6) is 0 Å². The zero-order valence-electron chi connectivity index (χ0n) is 11.5. The van der Waals surface area contributed by atoms with Crippen LogP contribution in [0.25, 0.3) is 0 Å². The molecule has 0 radical (unpaired) electrons. The molecule has 1 aromatic carbocycles. The Labute approximate surface area is 126 Å². The molecular formula is C14H15ClN2O4. The largest absolute Gasteiger partial charge is 0.479 e. The summed E-state index contributed by atoms with van der Waals surface area (Å²) in [5, 5.41) is 10.6. The average molecular weight is 311 g/mol. The molecule has 0 unspecified atom stereocenters. The Bertz CT molecular complexity index is 603. The van der Waals surface area contributed by atoms with E-state index in [2.05, 4.69) is 5.43 Å². The lowest BCUT2D eigenvalue weighted by molar-refractivity contribution is -0.152. The molecule has 0 aromatic heterocycles. The van der Waals surface area contributed by atoms with Crippen molar-refractivity contribution >= 4 is 29.2 Å². The second-order valence-electron chi connectivity index (χ2n) is 4.63. The van der Waals surface area contributed by atoms with E-state index >= 15 is 0 Å². The predicted octanol–water partition coefficient (Wildman–Crippen LogP) is 1.87. The molecule has 2 N–H and O–H groups in total. The first kappa shape index (κ1) is 15.5. The number of carbonyl (C=O) groups is 2. The van der Waals surface area contributed by atoms with E-state index in [1.165, 1.54) is 24.1 Å². The monoisotopic (exact) mass is 310 g/mol. The van der Waals surface area contributed by atoms with Crippen molar-refractivity contribution in [2.24, 2.45) is 0 Å². The van der Waals surface area contributed by atoms with Crippen LogP contribution < -0.4 is 10.4 Å². The van der Waals surface area contributed by atoms with Gasteiger partial charge in [-0.15, -0.1) is 0 Å². The highest BCUT2D eigenvalue weighted by Crippen LogP contribution is 2.25. The van der Waals surface area contributed by atoms with Crippen LogP contribution in [0.2, 0.25) is 5.02 Å². The van der Waals surface area contributed by atoms with Crippen LogP contribution in [0.4, 0.5) is 5.69 Å². The fraction of sp³-hybridized carbons (Fsp3) is 0.286. The number of halogens is 1. The third-order valence-corrected chi connectivity index (χ3v) is 3.24. The number of hydrogen-bond acceptors (Lipinski definition) is 4. The number of rotatable bonds is 4. The van der Waals surface area contributed by atoms with Crippen molar-refractivity contribution in [3.05, 3.63) is 40.9 Å². The average Bonchev–Trinajstić information content (AvgIpc) is 2.43. The maximum Gasteiger partial charge on any atom is 0.332 e. The van der Waals surface area contributed by atoms with E-state index in [0.29, 0.717) is 10.7 Å². The van der Waals surface area contributed by atoms with Gasteiger partial charge in [0.2, 0.25) is 0 Å². The summed E-state index contributed by atoms with van der Waals surface area (Å²) in [6.45, 7) is 3.26. The van der Waals surface area contributed by atoms with E-state index in [1.54, 1.807) is 18.2 Å². The number of amides is 1. The lowest BCUT2D eigenvalue weighted by Gasteiger charge is -2.31. The van der Waals surface area contributed by atoms with Crippen LogP contribution in [-0.2, 0) is 14.3 Å². The summed E-state index contributed by atoms with van der Waals surface area (Å²) < 4.78 is 5.30. The Hall–Kier alpha value is -1.89. The minimum Gasteiger partial charge on any atom is -0.479 e. The zero-order chi connectivity index (χ0) is 15.6. The number of hydrazine groups is 1. The van der Waals surface area contributed by atoms with Gasteiger partial charge in [0.25, 0.3) is 5.91 Å². The van der Waals surface area contributed by atoms with Crippen LogP contribution in [0.15, 0.2) is 30.4 Å². The molecule has 21 heavy (non-hydrogen) atoms. The van der Waals surface area contributed by atoms with E-state index in [1.807, 2.05) is 6.92 Å². The van der Waals surface area contributed by atoms with Gasteiger partial charge in [0.1, 0.15) is 6.23 Å². The minimum absolute atomic E-state index is 0.289. The molecule has 0 fully saturated rings. The second kappa shape index (κ2) is 6.26. The van der Waals surface area contributed by atoms with Gasteiger partial charge in [0.15, 0.2) is 6.10 Å². The van der Waals surface area contributed by atoms with Gasteiger partial charge in [0.05, 0.1) is 5.69 Å². The number of aliphatic carboxylic acids is 1. The molecule has 6 nitrogen and oxygen atoms in total. The molecule has 1 aliphatic heterocycles. The lowest BCUT2D eigenvalue weighted by Crippen LogP contribution is -2.52. The summed E-state index contributed by atoms with van der Waals surface area (Å²) >= 11 is 5.95. The Kier molecular flexibility index (Phi) is 4.62. The molecular weight excluding hydrogens is 296 g/mol. The number of carboxylic acid groups (broad SMARTS) is 1. The number of ether oxygens (including phenoxy) is 1. The van der Waals surface area contributed by atoms with Crippen LogP contribution in [0.1, 0.15) is 12.5 Å². The standard InChI is InChI=1S/C14H15ClN2O4/c1-8-3-4-10(15)7-11(8)17-13(18)6-5-12(16-17)21-9(2)14(19)20/h3-7,9,12,16H,1-2H3,(H,19,20)/t9-,12+/m1/s1. The molecule has 1 amide bonds. The molecule has 0 aliphatic carbocycles. The predicted molar refractivity (Wildman–Crippen MR) is 77.9 cm³/mol. The molecule has 1 aromatic rings. The Morgan fingerprint density at radius 1 is 1.52 bits per heavy atom. The van der Waals surface area contributed by atoms with Crippen molar-refractivity contribution in [1.82, 2.24) is 5.43 Å². The quantitative estimate of drug-likeness (QED) is 0.887. The van der Waals surface area contributed by atoms with Gasteiger partial charge in [-0.2, -0.15) is 5.43 Å². The number of hydrogen-bond donors (Lipinski definition) is 2. The van der Waals surface area contributed by atoms with Gasteiger partial charge in [-0.05, 0) is 37.6 Å². The Morgan fingerprint density at radius 3 is 2.90 bits per heavy atom. The van der Waals surface area contributed by atoms with Gasteiger partial charge < -0.3 is 9.84 Å². The van der Waals surface area contributed by atoms with Crippen LogP contribution in [0, 0.1) is 6.92 Å². The fourth-order valence-electron chi connectivity index (χ4n) is 1.84. The van der Waals surface area contributed by atoms with Gasteiger partial charge in [-0.3, -0.25) is 4.79 Å². The van der Waals surface area contributed by atoms with Gasteiger partial charge in [-0.25, -0.2) is 9.80 Å². The van der Waals surface area contributed by atoms with Gasteiger partial charge in [-0.1, -0.05) is 17.7 Å². The van der Waals surface area contributed by atoms with Gasteiger partial charge in [0, 0.05) is 11.1 Å². The summed E-state index contributed by atoms with van der Waals surface area (Å²) in [6, 6.07) is 5.17. The summed E-state index contributed by atoms with van der Waals surface area (Å²) in [5.41, 5.74) is 4.27. The smallest absolute Gasteiger partial charge is 0.332 e. The van der Waals surface area contributed by atoms with Crippen LogP contribution in [-0.4, -0.2) is 29.3 Å². The summed E-state index contributed by atoms with van der Waals surface area (Å²) in [5.74, 6) is -1.37. The van der Waals surface area contributed by atoms with Crippen molar-refractivity contribution in [1.29, 1.82) is 0 Å². The summed E-state index contributed by atoms with van der Waals surface area (Å²) in [7, 11) is 0. The first-order chi connectivity index (χ1) is 9.88. The van der Waals surface area contributed by atoms with Crippen LogP contribution in [0.3, 0.4) is 0 Å². The molecule has 2 atom stereocenters. The number of carboxylic acids is 1. The molecule has 0 saturated carbocycles. The minimum atomic E-state index is -1.08. The summed E-state index contributed by atoms with van der Waals surface area (Å²) in [6.07, 6.45) is 1.09. The molecule has 0 bridgehead atoms. The normalized spacial score (nSPS) is 19.7. The third kappa shape index (κ3) is 3.60. The van der Waals surface area contributed by atoms with E-state index < -0.39 is 18.3 Å². The Balaban J connectivity index is 2.21. The highest BCUT2D eigenvalue weighted by molar-refractivity contribution is 6.31. The van der Waals surface area contributed by atoms with Crippen molar-refractivity contribution in [3.8, 4) is 0 Å². The van der Waals surface area contributed by atoms with Crippen molar-refractivity contribution < 1.29 is 19.4 Å². The van der Waals surface area contributed by atoms with E-state index in [4.69, 9.17) is 21.4 Å². The first-order valence-electron chi connectivity index (χ1n) is 6.31. The van der Waals surface area contributed by atoms with Crippen molar-refractivity contribution in [3.63, 3.8) is 0 Å². The lowest BCUT2D eigenvalue weighted by atomic mass is 10.2. The molecule has 7 heteroatoms. The fourth-order valence-corrected chi connectivity index (χ4v) is 2.01. The SMILES string of the molecule is Cc1ccc(Cl)cc1N1N[C@@H](O[C@H](C)C(=O)O)C=CC1=O. The highest BCUT2D eigenvalue weighted by Gasteiger charge is 2.26. The Morgan fingerprint density at radius 2 is 2.24 bits per heavy atom. The van der Waals surface area contributed by atoms with Gasteiger partial charge >= 0.3 is 5.97 Å². The number of benzene rings is 1.